The molecule has 10 nitrogen and oxygen atoms in total. The van der Waals surface area contributed by atoms with Gasteiger partial charge < -0.3 is 38.2 Å². The van der Waals surface area contributed by atoms with Crippen molar-refractivity contribution in [3.05, 3.63) is 95.6 Å². The summed E-state index contributed by atoms with van der Waals surface area (Å²) in [6.45, 7) is 1.98. The minimum absolute atomic E-state index is 0.236. The molecule has 240 valence electrons. The van der Waals surface area contributed by atoms with Gasteiger partial charge in [0, 0.05) is 28.5 Å². The van der Waals surface area contributed by atoms with E-state index in [1.165, 1.54) is 42.7 Å². The molecule has 4 aromatic carbocycles. The van der Waals surface area contributed by atoms with Gasteiger partial charge in [0.15, 0.2) is 23.0 Å². The monoisotopic (exact) mass is 626 g/mol. The zero-order valence-corrected chi connectivity index (χ0v) is 27.0. The lowest BCUT2D eigenvalue weighted by atomic mass is 9.89. The fraction of sp³-hybridized carbons (Fsp3) is 0.278. The molecule has 0 unspecified atom stereocenters. The second kappa shape index (κ2) is 13.7. The molecule has 0 aromatic heterocycles. The number of methoxy groups -OCH3 is 6. The highest BCUT2D eigenvalue weighted by Crippen LogP contribution is 2.46. The van der Waals surface area contributed by atoms with Crippen molar-refractivity contribution in [1.29, 1.82) is 0 Å². The van der Waals surface area contributed by atoms with Gasteiger partial charge in [-0.3, -0.25) is 9.59 Å². The molecule has 1 heterocycles. The van der Waals surface area contributed by atoms with Gasteiger partial charge in [-0.1, -0.05) is 36.4 Å². The van der Waals surface area contributed by atoms with E-state index in [1.54, 1.807) is 34.1 Å². The van der Waals surface area contributed by atoms with Crippen molar-refractivity contribution >= 4 is 23.2 Å². The Kier molecular flexibility index (Phi) is 9.55. The second-order valence-electron chi connectivity index (χ2n) is 10.7. The second-order valence-corrected chi connectivity index (χ2v) is 10.7. The van der Waals surface area contributed by atoms with Crippen molar-refractivity contribution in [3.8, 4) is 34.5 Å². The number of carbonyl (C=O) groups is 2. The maximum absolute atomic E-state index is 14.6. The number of rotatable bonds is 10. The third kappa shape index (κ3) is 5.74. The Hall–Kier alpha value is -5.38. The maximum atomic E-state index is 14.6. The van der Waals surface area contributed by atoms with E-state index in [0.717, 1.165) is 5.56 Å². The summed E-state index contributed by atoms with van der Waals surface area (Å²) < 4.78 is 33.1. The van der Waals surface area contributed by atoms with E-state index in [2.05, 4.69) is 0 Å². The number of ether oxygens (including phenoxy) is 6. The lowest BCUT2D eigenvalue weighted by Crippen LogP contribution is -2.47. The average molecular weight is 627 g/mol. The van der Waals surface area contributed by atoms with Crippen LogP contribution in [0.2, 0.25) is 0 Å². The molecule has 10 heteroatoms. The number of anilines is 2. The molecule has 1 aliphatic rings. The number of amides is 2. The Labute approximate surface area is 269 Å². The quantitative estimate of drug-likeness (QED) is 0.195. The first-order chi connectivity index (χ1) is 22.3. The van der Waals surface area contributed by atoms with Crippen LogP contribution in [0.25, 0.3) is 0 Å². The number of nitrogens with zero attached hydrogens (tertiary/aromatic N) is 2. The molecule has 0 saturated carbocycles. The molecule has 0 aliphatic carbocycles. The molecule has 0 radical (unpaired) electrons. The van der Waals surface area contributed by atoms with Gasteiger partial charge in [0.25, 0.3) is 11.8 Å². The molecule has 5 rings (SSSR count). The van der Waals surface area contributed by atoms with Crippen LogP contribution in [0, 0.1) is 0 Å². The summed E-state index contributed by atoms with van der Waals surface area (Å²) in [5, 5.41) is 0. The van der Waals surface area contributed by atoms with Crippen molar-refractivity contribution < 1.29 is 38.0 Å². The van der Waals surface area contributed by atoms with Crippen LogP contribution in [0.1, 0.15) is 45.7 Å². The summed E-state index contributed by atoms with van der Waals surface area (Å²) in [4.78, 5) is 32.4. The van der Waals surface area contributed by atoms with Crippen molar-refractivity contribution in [2.24, 2.45) is 0 Å². The van der Waals surface area contributed by atoms with E-state index in [1.807, 2.05) is 61.5 Å². The van der Waals surface area contributed by atoms with Crippen LogP contribution in [-0.4, -0.2) is 60.5 Å². The van der Waals surface area contributed by atoms with Gasteiger partial charge >= 0.3 is 0 Å². The molecule has 0 N–H and O–H groups in total. The van der Waals surface area contributed by atoms with Crippen LogP contribution in [0.15, 0.2) is 78.9 Å². The van der Waals surface area contributed by atoms with Crippen molar-refractivity contribution in [1.82, 2.24) is 0 Å². The Morgan fingerprint density at radius 2 is 1.13 bits per heavy atom. The van der Waals surface area contributed by atoms with Gasteiger partial charge in [-0.25, -0.2) is 0 Å². The van der Waals surface area contributed by atoms with Gasteiger partial charge in [-0.15, -0.1) is 0 Å². The zero-order chi connectivity index (χ0) is 33.0. The van der Waals surface area contributed by atoms with Gasteiger partial charge in [-0.2, -0.15) is 0 Å². The van der Waals surface area contributed by atoms with E-state index in [-0.39, 0.29) is 17.9 Å². The molecular weight excluding hydrogens is 588 g/mol. The molecule has 1 aliphatic heterocycles. The van der Waals surface area contributed by atoms with E-state index >= 15 is 0 Å². The zero-order valence-electron chi connectivity index (χ0n) is 27.0. The van der Waals surface area contributed by atoms with E-state index < -0.39 is 6.04 Å². The third-order valence-corrected chi connectivity index (χ3v) is 8.17. The SMILES string of the molecule is COc1cc(C(=O)N2c3ccccc3[C@@H](N(C(=O)c3cc(OC)c(OC)c(OC)c3)c3ccccc3)C[C@@H]2C)cc(OC)c1OC. The number of benzene rings is 4. The summed E-state index contributed by atoms with van der Waals surface area (Å²) in [5.74, 6) is 1.81. The Balaban J connectivity index is 1.62. The fourth-order valence-corrected chi connectivity index (χ4v) is 6.05. The topological polar surface area (TPSA) is 96.0 Å². The van der Waals surface area contributed by atoms with Gasteiger partial charge in [0.2, 0.25) is 11.5 Å². The highest BCUT2D eigenvalue weighted by molar-refractivity contribution is 6.10. The van der Waals surface area contributed by atoms with Crippen LogP contribution < -0.4 is 38.2 Å². The standard InChI is InChI=1S/C36H38N2O8/c1-22-17-28(38(25-13-9-8-10-14-25)36(40)24-20-31(43-4)34(46-7)32(21-24)44-5)26-15-11-12-16-27(26)37(22)35(39)23-18-29(41-2)33(45-6)30(19-23)42-3/h8-16,18-22,28H,17H2,1-7H3/t22-,28-/m0/s1. The largest absolute Gasteiger partial charge is 0.493 e. The number of para-hydroxylation sites is 2. The molecule has 0 saturated heterocycles. The minimum atomic E-state index is -0.413. The number of fused-ring (bicyclic) bond motifs is 1. The third-order valence-electron chi connectivity index (χ3n) is 8.17. The first-order valence-corrected chi connectivity index (χ1v) is 14.7. The number of hydrogen-bond acceptors (Lipinski definition) is 8. The van der Waals surface area contributed by atoms with Crippen LogP contribution in [0.3, 0.4) is 0 Å². The molecule has 0 fully saturated rings. The lowest BCUT2D eigenvalue weighted by Gasteiger charge is -2.43. The van der Waals surface area contributed by atoms with Gasteiger partial charge in [0.1, 0.15) is 0 Å². The van der Waals surface area contributed by atoms with Crippen LogP contribution in [-0.2, 0) is 0 Å². The number of hydrogen-bond donors (Lipinski definition) is 0. The summed E-state index contributed by atoms with van der Waals surface area (Å²) in [7, 11) is 9.08. The molecule has 0 bridgehead atoms. The van der Waals surface area contributed by atoms with Crippen LogP contribution in [0.5, 0.6) is 34.5 Å². The summed E-state index contributed by atoms with van der Waals surface area (Å²) >= 11 is 0. The molecule has 4 aromatic rings. The molecule has 0 spiro atoms. The average Bonchev–Trinajstić information content (AvgIpc) is 3.10. The predicted octanol–water partition coefficient (Wildman–Crippen LogP) is 6.57. The number of carbonyl (C=O) groups excluding carboxylic acids is 2. The Morgan fingerprint density at radius 3 is 1.63 bits per heavy atom. The fourth-order valence-electron chi connectivity index (χ4n) is 6.05. The molecule has 46 heavy (non-hydrogen) atoms. The Morgan fingerprint density at radius 1 is 0.652 bits per heavy atom. The highest BCUT2D eigenvalue weighted by atomic mass is 16.5. The van der Waals surface area contributed by atoms with E-state index in [9.17, 15) is 9.59 Å². The Bertz CT molecular complexity index is 1670. The summed E-state index contributed by atoms with van der Waals surface area (Å²) in [6.07, 6.45) is 0.457. The molecule has 2 atom stereocenters. The maximum Gasteiger partial charge on any atom is 0.259 e. The smallest absolute Gasteiger partial charge is 0.259 e. The first-order valence-electron chi connectivity index (χ1n) is 14.7. The summed E-state index contributed by atoms with van der Waals surface area (Å²) in [5.41, 5.74) is 2.97. The first kappa shape index (κ1) is 32.0. The van der Waals surface area contributed by atoms with Gasteiger partial charge in [0.05, 0.1) is 48.7 Å². The van der Waals surface area contributed by atoms with E-state index in [0.29, 0.717) is 63.4 Å². The van der Waals surface area contributed by atoms with Crippen LogP contribution in [0.4, 0.5) is 11.4 Å². The van der Waals surface area contributed by atoms with Crippen molar-refractivity contribution in [2.75, 3.05) is 52.5 Å². The molecular formula is C36H38N2O8. The lowest BCUT2D eigenvalue weighted by molar-refractivity contribution is 0.0964. The molecule has 2 amide bonds. The van der Waals surface area contributed by atoms with Crippen molar-refractivity contribution in [2.45, 2.75) is 25.4 Å². The predicted molar refractivity (Wildman–Crippen MR) is 176 cm³/mol. The van der Waals surface area contributed by atoms with Gasteiger partial charge in [-0.05, 0) is 61.4 Å². The van der Waals surface area contributed by atoms with Crippen molar-refractivity contribution in [3.63, 3.8) is 0 Å². The highest BCUT2D eigenvalue weighted by Gasteiger charge is 2.40. The summed E-state index contributed by atoms with van der Waals surface area (Å²) in [6, 6.07) is 23.0. The normalized spacial score (nSPS) is 15.3. The van der Waals surface area contributed by atoms with Crippen LogP contribution >= 0.6 is 0 Å². The minimum Gasteiger partial charge on any atom is -0.493 e. The van der Waals surface area contributed by atoms with E-state index in [4.69, 9.17) is 28.4 Å².